The lowest BCUT2D eigenvalue weighted by Gasteiger charge is -2.09. The first-order chi connectivity index (χ1) is 11.5. The summed E-state index contributed by atoms with van der Waals surface area (Å²) in [5, 5.41) is 4.82. The third-order valence-electron chi connectivity index (χ3n) is 3.07. The minimum Gasteiger partial charge on any atom is -0.494 e. The van der Waals surface area contributed by atoms with Crippen LogP contribution in [-0.4, -0.2) is 24.3 Å². The van der Waals surface area contributed by atoms with Crippen LogP contribution < -0.4 is 21.1 Å². The van der Waals surface area contributed by atoms with Crippen molar-refractivity contribution in [1.29, 1.82) is 0 Å². The summed E-state index contributed by atoms with van der Waals surface area (Å²) in [5.41, 5.74) is 5.97. The van der Waals surface area contributed by atoms with Gasteiger partial charge in [-0.25, -0.2) is 0 Å². The fraction of sp³-hybridized carbons (Fsp3) is 0.118. The highest BCUT2D eigenvalue weighted by Gasteiger charge is 2.17. The molecule has 2 aromatic carbocycles. The summed E-state index contributed by atoms with van der Waals surface area (Å²) in [6, 6.07) is 12.8. The zero-order valence-electron chi connectivity index (χ0n) is 13.0. The lowest BCUT2D eigenvalue weighted by atomic mass is 10.1. The van der Waals surface area contributed by atoms with Gasteiger partial charge in [0.2, 0.25) is 0 Å². The first-order valence-corrected chi connectivity index (χ1v) is 7.25. The maximum atomic E-state index is 12.0. The Kier molecular flexibility index (Phi) is 5.51. The molecular formula is C17H17N3O4. The van der Waals surface area contributed by atoms with Gasteiger partial charge in [-0.2, -0.15) is 0 Å². The molecule has 7 heteroatoms. The highest BCUT2D eigenvalue weighted by atomic mass is 16.5. The molecule has 4 N–H and O–H groups in total. The van der Waals surface area contributed by atoms with E-state index in [1.165, 1.54) is 12.1 Å². The number of amides is 3. The first-order valence-electron chi connectivity index (χ1n) is 7.25. The minimum absolute atomic E-state index is 0.125. The molecule has 7 nitrogen and oxygen atoms in total. The monoisotopic (exact) mass is 327 g/mol. The molecular weight excluding hydrogens is 310 g/mol. The fourth-order valence-electron chi connectivity index (χ4n) is 1.98. The van der Waals surface area contributed by atoms with Crippen molar-refractivity contribution < 1.29 is 19.1 Å². The number of nitrogens with one attached hydrogen (secondary N) is 2. The van der Waals surface area contributed by atoms with E-state index in [4.69, 9.17) is 10.5 Å². The highest BCUT2D eigenvalue weighted by molar-refractivity contribution is 6.44. The summed E-state index contributed by atoms with van der Waals surface area (Å²) in [5.74, 6) is -1.80. The molecule has 0 aromatic heterocycles. The zero-order valence-corrected chi connectivity index (χ0v) is 13.0. The van der Waals surface area contributed by atoms with Crippen molar-refractivity contribution in [1.82, 2.24) is 0 Å². The maximum Gasteiger partial charge on any atom is 0.314 e. The van der Waals surface area contributed by atoms with E-state index in [-0.39, 0.29) is 11.3 Å². The van der Waals surface area contributed by atoms with E-state index in [9.17, 15) is 14.4 Å². The van der Waals surface area contributed by atoms with E-state index in [1.54, 1.807) is 36.4 Å². The summed E-state index contributed by atoms with van der Waals surface area (Å²) in [6.07, 6.45) is 0. The third kappa shape index (κ3) is 4.33. The van der Waals surface area contributed by atoms with Gasteiger partial charge in [0.25, 0.3) is 5.91 Å². The Morgan fingerprint density at radius 3 is 2.21 bits per heavy atom. The van der Waals surface area contributed by atoms with Gasteiger partial charge < -0.3 is 21.1 Å². The van der Waals surface area contributed by atoms with Crippen LogP contribution in [0.25, 0.3) is 0 Å². The van der Waals surface area contributed by atoms with Crippen LogP contribution in [0.5, 0.6) is 5.75 Å². The highest BCUT2D eigenvalue weighted by Crippen LogP contribution is 2.16. The molecule has 2 aromatic rings. The SMILES string of the molecule is CCOc1ccc(NC(=O)C(=O)Nc2ccccc2C(N)=O)cc1. The largest absolute Gasteiger partial charge is 0.494 e. The van der Waals surface area contributed by atoms with Gasteiger partial charge >= 0.3 is 11.8 Å². The topological polar surface area (TPSA) is 111 Å². The molecule has 0 heterocycles. The molecule has 0 bridgehead atoms. The number of nitrogens with two attached hydrogens (primary N) is 1. The van der Waals surface area contributed by atoms with Crippen LogP contribution in [0, 0.1) is 0 Å². The lowest BCUT2D eigenvalue weighted by Crippen LogP contribution is -2.30. The Balaban J connectivity index is 2.02. The van der Waals surface area contributed by atoms with Gasteiger partial charge in [-0.15, -0.1) is 0 Å². The van der Waals surface area contributed by atoms with Crippen LogP contribution in [0.3, 0.4) is 0 Å². The molecule has 0 aliphatic heterocycles. The van der Waals surface area contributed by atoms with Crippen LogP contribution in [0.1, 0.15) is 17.3 Å². The van der Waals surface area contributed by atoms with Gasteiger partial charge in [0.05, 0.1) is 17.9 Å². The van der Waals surface area contributed by atoms with Crippen molar-refractivity contribution >= 4 is 29.1 Å². The predicted molar refractivity (Wildman–Crippen MR) is 89.8 cm³/mol. The molecule has 0 saturated carbocycles. The Morgan fingerprint density at radius 1 is 0.958 bits per heavy atom. The van der Waals surface area contributed by atoms with Gasteiger partial charge in [-0.1, -0.05) is 12.1 Å². The molecule has 24 heavy (non-hydrogen) atoms. The number of hydrogen-bond acceptors (Lipinski definition) is 4. The number of carbonyl (C=O) groups excluding carboxylic acids is 3. The minimum atomic E-state index is -0.905. The van der Waals surface area contributed by atoms with Gasteiger partial charge in [0.1, 0.15) is 5.75 Å². The van der Waals surface area contributed by atoms with Crippen LogP contribution >= 0.6 is 0 Å². The summed E-state index contributed by atoms with van der Waals surface area (Å²) in [6.45, 7) is 2.40. The number of ether oxygens (including phenoxy) is 1. The third-order valence-corrected chi connectivity index (χ3v) is 3.07. The molecule has 124 valence electrons. The van der Waals surface area contributed by atoms with Crippen molar-refractivity contribution in [2.75, 3.05) is 17.2 Å². The van der Waals surface area contributed by atoms with Gasteiger partial charge in [-0.05, 0) is 43.3 Å². The van der Waals surface area contributed by atoms with Crippen LogP contribution in [0.2, 0.25) is 0 Å². The fourth-order valence-corrected chi connectivity index (χ4v) is 1.98. The average Bonchev–Trinajstić information content (AvgIpc) is 2.57. The van der Waals surface area contributed by atoms with Gasteiger partial charge in [0, 0.05) is 5.69 Å². The van der Waals surface area contributed by atoms with Crippen LogP contribution in [0.4, 0.5) is 11.4 Å². The second-order valence-corrected chi connectivity index (χ2v) is 4.78. The molecule has 0 radical (unpaired) electrons. The van der Waals surface area contributed by atoms with E-state index in [2.05, 4.69) is 10.6 Å². The quantitative estimate of drug-likeness (QED) is 0.727. The summed E-state index contributed by atoms with van der Waals surface area (Å²) in [7, 11) is 0. The predicted octanol–water partition coefficient (Wildman–Crippen LogP) is 1.76. The number of rotatable bonds is 5. The number of benzene rings is 2. The summed E-state index contributed by atoms with van der Waals surface area (Å²) in [4.78, 5) is 35.2. The Hall–Kier alpha value is -3.35. The van der Waals surface area contributed by atoms with Crippen molar-refractivity contribution in [3.05, 3.63) is 54.1 Å². The molecule has 0 unspecified atom stereocenters. The number of carbonyl (C=O) groups is 3. The van der Waals surface area contributed by atoms with Crippen molar-refractivity contribution in [3.63, 3.8) is 0 Å². The standard InChI is InChI=1S/C17H17N3O4/c1-2-24-12-9-7-11(8-10-12)19-16(22)17(23)20-14-6-4-3-5-13(14)15(18)21/h3-10H,2H2,1H3,(H2,18,21)(H,19,22)(H,20,23). The van der Waals surface area contributed by atoms with Crippen molar-refractivity contribution in [2.45, 2.75) is 6.92 Å². The first kappa shape index (κ1) is 17.0. The van der Waals surface area contributed by atoms with E-state index in [0.717, 1.165) is 0 Å². The van der Waals surface area contributed by atoms with E-state index < -0.39 is 17.7 Å². The molecule has 0 atom stereocenters. The molecule has 0 spiro atoms. The maximum absolute atomic E-state index is 12.0. The smallest absolute Gasteiger partial charge is 0.314 e. The second kappa shape index (κ2) is 7.77. The van der Waals surface area contributed by atoms with E-state index in [0.29, 0.717) is 18.0 Å². The molecule has 2 rings (SSSR count). The molecule has 0 fully saturated rings. The second-order valence-electron chi connectivity index (χ2n) is 4.78. The van der Waals surface area contributed by atoms with Gasteiger partial charge in [-0.3, -0.25) is 14.4 Å². The summed E-state index contributed by atoms with van der Waals surface area (Å²) < 4.78 is 5.29. The Bertz CT molecular complexity index is 757. The normalized spacial score (nSPS) is 9.88. The van der Waals surface area contributed by atoms with Crippen molar-refractivity contribution in [3.8, 4) is 5.75 Å². The number of primary amides is 1. The number of anilines is 2. The number of para-hydroxylation sites is 1. The van der Waals surface area contributed by atoms with Crippen molar-refractivity contribution in [2.24, 2.45) is 5.73 Å². The van der Waals surface area contributed by atoms with E-state index in [1.807, 2.05) is 6.92 Å². The molecule has 3 amide bonds. The Morgan fingerprint density at radius 2 is 1.58 bits per heavy atom. The summed E-state index contributed by atoms with van der Waals surface area (Å²) >= 11 is 0. The number of hydrogen-bond donors (Lipinski definition) is 3. The van der Waals surface area contributed by atoms with Crippen LogP contribution in [0.15, 0.2) is 48.5 Å². The average molecular weight is 327 g/mol. The van der Waals surface area contributed by atoms with Crippen LogP contribution in [-0.2, 0) is 9.59 Å². The zero-order chi connectivity index (χ0) is 17.5. The van der Waals surface area contributed by atoms with Gasteiger partial charge in [0.15, 0.2) is 0 Å². The Labute approximate surface area is 138 Å². The molecule has 0 aliphatic carbocycles. The lowest BCUT2D eigenvalue weighted by molar-refractivity contribution is -0.133. The van der Waals surface area contributed by atoms with E-state index >= 15 is 0 Å². The molecule has 0 saturated heterocycles. The molecule has 0 aliphatic rings.